The maximum atomic E-state index is 12.4. The van der Waals surface area contributed by atoms with Crippen molar-refractivity contribution in [1.82, 2.24) is 4.31 Å². The summed E-state index contributed by atoms with van der Waals surface area (Å²) in [6.07, 6.45) is 0.734. The molecule has 0 aliphatic carbocycles. The SMILES string of the molecule is CCCC1(C(=O)O)CCN(S(=O)(=O)C(F)(F)F)CC1. The molecule has 1 saturated heterocycles. The Kier molecular flexibility index (Phi) is 4.51. The molecule has 5 nitrogen and oxygen atoms in total. The van der Waals surface area contributed by atoms with Gasteiger partial charge in [-0.25, -0.2) is 8.42 Å². The minimum Gasteiger partial charge on any atom is -0.481 e. The first kappa shape index (κ1) is 16.2. The molecule has 0 spiro atoms. The van der Waals surface area contributed by atoms with Crippen LogP contribution in [0.4, 0.5) is 13.2 Å². The van der Waals surface area contributed by atoms with E-state index in [0.717, 1.165) is 0 Å². The number of aliphatic carboxylic acids is 1. The smallest absolute Gasteiger partial charge is 0.481 e. The lowest BCUT2D eigenvalue weighted by Gasteiger charge is -2.38. The third-order valence-corrected chi connectivity index (χ3v) is 5.12. The number of hydrogen-bond donors (Lipinski definition) is 1. The maximum absolute atomic E-state index is 12.4. The van der Waals surface area contributed by atoms with Crippen molar-refractivity contribution in [3.63, 3.8) is 0 Å². The number of halogens is 3. The summed E-state index contributed by atoms with van der Waals surface area (Å²) in [7, 11) is -5.35. The summed E-state index contributed by atoms with van der Waals surface area (Å²) in [6.45, 7) is 0.964. The van der Waals surface area contributed by atoms with Crippen molar-refractivity contribution in [1.29, 1.82) is 0 Å². The summed E-state index contributed by atoms with van der Waals surface area (Å²) in [5.41, 5.74) is -6.44. The molecule has 112 valence electrons. The molecular formula is C10H16F3NO4S. The van der Waals surface area contributed by atoms with E-state index in [1.165, 1.54) is 0 Å². The second-order valence-corrected chi connectivity index (χ2v) is 6.61. The molecule has 1 heterocycles. The van der Waals surface area contributed by atoms with Gasteiger partial charge in [-0.3, -0.25) is 4.79 Å². The van der Waals surface area contributed by atoms with Crippen LogP contribution in [0.3, 0.4) is 0 Å². The summed E-state index contributed by atoms with van der Waals surface area (Å²) < 4.78 is 59.8. The van der Waals surface area contributed by atoms with Crippen LogP contribution >= 0.6 is 0 Å². The highest BCUT2D eigenvalue weighted by Gasteiger charge is 2.52. The zero-order chi connectivity index (χ0) is 14.9. The van der Waals surface area contributed by atoms with Crippen molar-refractivity contribution in [3.8, 4) is 0 Å². The molecule has 0 radical (unpaired) electrons. The summed E-state index contributed by atoms with van der Waals surface area (Å²) in [5.74, 6) is -1.07. The molecule has 19 heavy (non-hydrogen) atoms. The van der Waals surface area contributed by atoms with Gasteiger partial charge in [0.2, 0.25) is 0 Å². The van der Waals surface area contributed by atoms with E-state index < -0.39 is 40.0 Å². The third-order valence-electron chi connectivity index (χ3n) is 3.49. The number of rotatable bonds is 4. The van der Waals surface area contributed by atoms with Gasteiger partial charge in [-0.05, 0) is 19.3 Å². The number of carboxylic acid groups (broad SMARTS) is 1. The molecule has 0 unspecified atom stereocenters. The molecule has 0 aromatic heterocycles. The van der Waals surface area contributed by atoms with Crippen LogP contribution in [-0.4, -0.2) is 42.4 Å². The molecule has 0 aromatic rings. The van der Waals surface area contributed by atoms with E-state index in [1.54, 1.807) is 6.92 Å². The van der Waals surface area contributed by atoms with Crippen LogP contribution in [0.1, 0.15) is 32.6 Å². The highest BCUT2D eigenvalue weighted by Crippen LogP contribution is 2.39. The first-order chi connectivity index (χ1) is 8.57. The fraction of sp³-hybridized carbons (Fsp3) is 0.900. The second kappa shape index (κ2) is 5.28. The topological polar surface area (TPSA) is 74.7 Å². The van der Waals surface area contributed by atoms with Crippen LogP contribution in [0.2, 0.25) is 0 Å². The molecule has 0 amide bonds. The van der Waals surface area contributed by atoms with Crippen LogP contribution in [0, 0.1) is 5.41 Å². The number of carbonyl (C=O) groups is 1. The molecule has 9 heteroatoms. The Bertz CT molecular complexity index is 438. The van der Waals surface area contributed by atoms with Crippen molar-refractivity contribution in [2.24, 2.45) is 5.41 Å². The fourth-order valence-electron chi connectivity index (χ4n) is 2.35. The highest BCUT2D eigenvalue weighted by atomic mass is 32.2. The fourth-order valence-corrected chi connectivity index (χ4v) is 3.31. The number of piperidine rings is 1. The first-order valence-corrected chi connectivity index (χ1v) is 7.30. The van der Waals surface area contributed by atoms with Crippen LogP contribution in [0.15, 0.2) is 0 Å². The number of hydrogen-bond acceptors (Lipinski definition) is 3. The highest BCUT2D eigenvalue weighted by molar-refractivity contribution is 7.90. The second-order valence-electron chi connectivity index (χ2n) is 4.69. The van der Waals surface area contributed by atoms with Gasteiger partial charge < -0.3 is 5.11 Å². The lowest BCUT2D eigenvalue weighted by molar-refractivity contribution is -0.152. The molecule has 0 saturated carbocycles. The average molecular weight is 303 g/mol. The number of carboxylic acids is 1. The Hall–Kier alpha value is -0.830. The molecule has 1 rings (SSSR count). The van der Waals surface area contributed by atoms with Gasteiger partial charge in [-0.2, -0.15) is 17.5 Å². The van der Waals surface area contributed by atoms with E-state index in [4.69, 9.17) is 0 Å². The first-order valence-electron chi connectivity index (χ1n) is 5.86. The van der Waals surface area contributed by atoms with Crippen LogP contribution in [0.5, 0.6) is 0 Å². The molecular weight excluding hydrogens is 287 g/mol. The van der Waals surface area contributed by atoms with Gasteiger partial charge in [0.25, 0.3) is 0 Å². The van der Waals surface area contributed by atoms with E-state index in [0.29, 0.717) is 17.1 Å². The van der Waals surface area contributed by atoms with Gasteiger partial charge in [0.1, 0.15) is 0 Å². The van der Waals surface area contributed by atoms with Gasteiger partial charge in [-0.15, -0.1) is 0 Å². The summed E-state index contributed by atoms with van der Waals surface area (Å²) in [6, 6.07) is 0. The minimum absolute atomic E-state index is 0.0918. The van der Waals surface area contributed by atoms with Crippen molar-refractivity contribution in [2.45, 2.75) is 38.1 Å². The quantitative estimate of drug-likeness (QED) is 0.859. The van der Waals surface area contributed by atoms with Crippen LogP contribution in [-0.2, 0) is 14.8 Å². The molecule has 1 aliphatic rings. The van der Waals surface area contributed by atoms with Gasteiger partial charge >= 0.3 is 21.5 Å². The Morgan fingerprint density at radius 2 is 1.79 bits per heavy atom. The van der Waals surface area contributed by atoms with E-state index in [9.17, 15) is 31.5 Å². The van der Waals surface area contributed by atoms with Crippen molar-refractivity contribution < 1.29 is 31.5 Å². The Labute approximate surface area is 109 Å². The summed E-state index contributed by atoms with van der Waals surface area (Å²) in [5, 5.41) is 9.18. The van der Waals surface area contributed by atoms with Gasteiger partial charge in [-0.1, -0.05) is 13.3 Å². The monoisotopic (exact) mass is 303 g/mol. The van der Waals surface area contributed by atoms with Gasteiger partial charge in [0.15, 0.2) is 0 Å². The number of alkyl halides is 3. The van der Waals surface area contributed by atoms with Gasteiger partial charge in [0.05, 0.1) is 5.41 Å². The molecule has 1 fully saturated rings. The van der Waals surface area contributed by atoms with Crippen LogP contribution in [0.25, 0.3) is 0 Å². The van der Waals surface area contributed by atoms with E-state index >= 15 is 0 Å². The Balaban J connectivity index is 2.85. The standard InChI is InChI=1S/C10H16F3NO4S/c1-2-3-9(8(15)16)4-6-14(7-5-9)19(17,18)10(11,12)13/h2-7H2,1H3,(H,15,16). The molecule has 1 aliphatic heterocycles. The lowest BCUT2D eigenvalue weighted by Crippen LogP contribution is -2.49. The number of nitrogens with zero attached hydrogens (tertiary/aromatic N) is 1. The molecule has 0 atom stereocenters. The van der Waals surface area contributed by atoms with Crippen LogP contribution < -0.4 is 0 Å². The average Bonchev–Trinajstić information content (AvgIpc) is 2.28. The van der Waals surface area contributed by atoms with E-state index in [-0.39, 0.29) is 12.8 Å². The zero-order valence-corrected chi connectivity index (χ0v) is 11.2. The Morgan fingerprint density at radius 3 is 2.11 bits per heavy atom. The number of sulfonamides is 1. The largest absolute Gasteiger partial charge is 0.511 e. The van der Waals surface area contributed by atoms with Gasteiger partial charge in [0, 0.05) is 13.1 Å². The normalized spacial score (nSPS) is 21.3. The van der Waals surface area contributed by atoms with E-state index in [2.05, 4.69) is 0 Å². The Morgan fingerprint density at radius 1 is 1.32 bits per heavy atom. The summed E-state index contributed by atoms with van der Waals surface area (Å²) in [4.78, 5) is 11.2. The van der Waals surface area contributed by atoms with Crippen molar-refractivity contribution in [3.05, 3.63) is 0 Å². The third kappa shape index (κ3) is 3.02. The molecule has 0 bridgehead atoms. The summed E-state index contributed by atoms with van der Waals surface area (Å²) >= 11 is 0. The molecule has 0 aromatic carbocycles. The van der Waals surface area contributed by atoms with Crippen molar-refractivity contribution in [2.75, 3.05) is 13.1 Å². The predicted octanol–water partition coefficient (Wildman–Crippen LogP) is 1.80. The van der Waals surface area contributed by atoms with Crippen molar-refractivity contribution >= 4 is 16.0 Å². The van der Waals surface area contributed by atoms with E-state index in [1.807, 2.05) is 0 Å². The maximum Gasteiger partial charge on any atom is 0.511 e. The molecule has 1 N–H and O–H groups in total. The predicted molar refractivity (Wildman–Crippen MR) is 60.8 cm³/mol. The lowest BCUT2D eigenvalue weighted by atomic mass is 9.75. The zero-order valence-electron chi connectivity index (χ0n) is 10.4. The minimum atomic E-state index is -5.35.